The van der Waals surface area contributed by atoms with Crippen molar-refractivity contribution >= 4 is 23.0 Å². The molecule has 5 nitrogen and oxygen atoms in total. The van der Waals surface area contributed by atoms with E-state index in [1.807, 2.05) is 6.92 Å². The van der Waals surface area contributed by atoms with Crippen molar-refractivity contribution in [3.8, 4) is 0 Å². The second-order valence-corrected chi connectivity index (χ2v) is 6.69. The van der Waals surface area contributed by atoms with Crippen LogP contribution in [0.4, 0.5) is 23.0 Å². The van der Waals surface area contributed by atoms with E-state index in [0.29, 0.717) is 11.6 Å². The fourth-order valence-corrected chi connectivity index (χ4v) is 3.19. The van der Waals surface area contributed by atoms with Gasteiger partial charge in [0.2, 0.25) is 0 Å². The van der Waals surface area contributed by atoms with E-state index in [1.165, 1.54) is 16.7 Å². The van der Waals surface area contributed by atoms with Crippen molar-refractivity contribution in [1.29, 1.82) is 0 Å². The quantitative estimate of drug-likeness (QED) is 0.766. The smallest absolute Gasteiger partial charge is 0.158 e. The number of hydrogen-bond acceptors (Lipinski definition) is 5. The Kier molecular flexibility index (Phi) is 6.23. The second-order valence-electron chi connectivity index (χ2n) is 6.69. The van der Waals surface area contributed by atoms with Gasteiger partial charge >= 0.3 is 0 Å². The highest BCUT2D eigenvalue weighted by Crippen LogP contribution is 2.34. The van der Waals surface area contributed by atoms with Gasteiger partial charge in [-0.05, 0) is 52.2 Å². The monoisotopic (exact) mass is 341 g/mol. The molecule has 0 atom stereocenters. The number of benzene rings is 1. The summed E-state index contributed by atoms with van der Waals surface area (Å²) in [6.07, 6.45) is 2.27. The van der Waals surface area contributed by atoms with Crippen molar-refractivity contribution in [2.75, 3.05) is 29.0 Å². The van der Waals surface area contributed by atoms with Gasteiger partial charge in [-0.2, -0.15) is 0 Å². The zero-order valence-electron chi connectivity index (χ0n) is 16.4. The number of rotatable bonds is 7. The van der Waals surface area contributed by atoms with E-state index in [0.717, 1.165) is 43.1 Å². The molecule has 1 aromatic carbocycles. The first-order chi connectivity index (χ1) is 11.9. The number of nitrogens with one attached hydrogen (secondary N) is 1. The number of nitrogens with zero attached hydrogens (tertiary/aromatic N) is 3. The van der Waals surface area contributed by atoms with E-state index < -0.39 is 0 Å². The maximum Gasteiger partial charge on any atom is 0.158 e. The van der Waals surface area contributed by atoms with Gasteiger partial charge in [-0.1, -0.05) is 31.0 Å². The Morgan fingerprint density at radius 3 is 2.20 bits per heavy atom. The van der Waals surface area contributed by atoms with Crippen molar-refractivity contribution in [2.24, 2.45) is 0 Å². The Balaban J connectivity index is 2.50. The molecule has 0 amide bonds. The molecule has 0 fully saturated rings. The molecule has 0 aliphatic rings. The minimum absolute atomic E-state index is 0.497. The Morgan fingerprint density at radius 2 is 1.64 bits per heavy atom. The van der Waals surface area contributed by atoms with Crippen LogP contribution < -0.4 is 16.0 Å². The average molecular weight is 342 g/mol. The molecule has 0 aliphatic carbocycles. The van der Waals surface area contributed by atoms with Gasteiger partial charge in [0.15, 0.2) is 11.6 Å². The highest BCUT2D eigenvalue weighted by Gasteiger charge is 2.18. The molecule has 0 unspecified atom stereocenters. The summed E-state index contributed by atoms with van der Waals surface area (Å²) in [5, 5.41) is 3.53. The van der Waals surface area contributed by atoms with Gasteiger partial charge in [0, 0.05) is 18.8 Å². The van der Waals surface area contributed by atoms with E-state index in [4.69, 9.17) is 10.7 Å². The lowest BCUT2D eigenvalue weighted by atomic mass is 10.0. The van der Waals surface area contributed by atoms with Crippen LogP contribution >= 0.6 is 0 Å². The Morgan fingerprint density at radius 1 is 1.00 bits per heavy atom. The number of unbranched alkanes of at least 4 members (excludes halogenated alkanes) is 1. The normalized spacial score (nSPS) is 10.8. The van der Waals surface area contributed by atoms with E-state index in [1.54, 1.807) is 0 Å². The van der Waals surface area contributed by atoms with E-state index in [2.05, 4.69) is 62.0 Å². The summed E-state index contributed by atoms with van der Waals surface area (Å²) < 4.78 is 0. The topological polar surface area (TPSA) is 67.1 Å². The van der Waals surface area contributed by atoms with Crippen LogP contribution in [-0.4, -0.2) is 23.1 Å². The van der Waals surface area contributed by atoms with Crippen LogP contribution in [0.3, 0.4) is 0 Å². The van der Waals surface area contributed by atoms with Crippen LogP contribution in [0.5, 0.6) is 0 Å². The molecule has 0 spiro atoms. The summed E-state index contributed by atoms with van der Waals surface area (Å²) in [5.41, 5.74) is 11.8. The summed E-state index contributed by atoms with van der Waals surface area (Å²) >= 11 is 0. The van der Waals surface area contributed by atoms with Crippen LogP contribution in [0.1, 0.15) is 49.2 Å². The summed E-state index contributed by atoms with van der Waals surface area (Å²) in [6.45, 7) is 14.4. The molecule has 3 N–H and O–H groups in total. The van der Waals surface area contributed by atoms with Gasteiger partial charge in [0.1, 0.15) is 11.5 Å². The SMILES string of the molecule is CCCCN(CC)c1nc(C)nc(N)c1Nc1c(C)cc(C)cc1C. The zero-order valence-corrected chi connectivity index (χ0v) is 16.4. The van der Waals surface area contributed by atoms with E-state index in [9.17, 15) is 0 Å². The molecule has 0 bridgehead atoms. The number of nitrogens with two attached hydrogens (primary N) is 1. The summed E-state index contributed by atoms with van der Waals surface area (Å²) in [7, 11) is 0. The number of anilines is 4. The fourth-order valence-electron chi connectivity index (χ4n) is 3.19. The van der Waals surface area contributed by atoms with E-state index in [-0.39, 0.29) is 0 Å². The minimum atomic E-state index is 0.497. The number of aryl methyl sites for hydroxylation is 4. The summed E-state index contributed by atoms with van der Waals surface area (Å²) in [4.78, 5) is 11.4. The molecule has 25 heavy (non-hydrogen) atoms. The average Bonchev–Trinajstić information content (AvgIpc) is 2.53. The first-order valence-corrected chi connectivity index (χ1v) is 9.11. The highest BCUT2D eigenvalue weighted by molar-refractivity contribution is 5.83. The minimum Gasteiger partial charge on any atom is -0.382 e. The highest BCUT2D eigenvalue weighted by atomic mass is 15.2. The molecule has 0 saturated carbocycles. The summed E-state index contributed by atoms with van der Waals surface area (Å²) in [5.74, 6) is 2.09. The molecule has 1 aromatic heterocycles. The van der Waals surface area contributed by atoms with Gasteiger partial charge in [-0.3, -0.25) is 0 Å². The predicted molar refractivity (Wildman–Crippen MR) is 108 cm³/mol. The molecule has 1 heterocycles. The first-order valence-electron chi connectivity index (χ1n) is 9.11. The fraction of sp³-hybridized carbons (Fsp3) is 0.500. The molecule has 0 aliphatic heterocycles. The third-order valence-electron chi connectivity index (χ3n) is 4.42. The van der Waals surface area contributed by atoms with Crippen molar-refractivity contribution < 1.29 is 0 Å². The Hall–Kier alpha value is -2.30. The lowest BCUT2D eigenvalue weighted by molar-refractivity contribution is 0.722. The third kappa shape index (κ3) is 4.41. The van der Waals surface area contributed by atoms with Gasteiger partial charge in [0.25, 0.3) is 0 Å². The van der Waals surface area contributed by atoms with Crippen molar-refractivity contribution in [3.63, 3.8) is 0 Å². The van der Waals surface area contributed by atoms with Crippen molar-refractivity contribution in [3.05, 3.63) is 34.6 Å². The maximum atomic E-state index is 6.28. The van der Waals surface area contributed by atoms with Crippen molar-refractivity contribution in [2.45, 2.75) is 54.4 Å². The van der Waals surface area contributed by atoms with Gasteiger partial charge in [-0.15, -0.1) is 0 Å². The number of aromatic nitrogens is 2. The standard InChI is InChI=1S/C20H31N5/c1-7-9-10-25(8-2)20-18(19(21)22-16(6)23-20)24-17-14(4)11-13(3)12-15(17)5/h11-12,24H,7-10H2,1-6H3,(H2,21,22,23). The number of hydrogen-bond donors (Lipinski definition) is 2. The first kappa shape index (κ1) is 19.0. The molecule has 5 heteroatoms. The molecule has 136 valence electrons. The number of nitrogen functional groups attached to an aromatic ring is 1. The van der Waals surface area contributed by atoms with Gasteiger partial charge < -0.3 is 16.0 Å². The third-order valence-corrected chi connectivity index (χ3v) is 4.42. The van der Waals surface area contributed by atoms with Crippen LogP contribution in [0, 0.1) is 27.7 Å². The lowest BCUT2D eigenvalue weighted by Crippen LogP contribution is -2.27. The zero-order chi connectivity index (χ0) is 18.6. The molecule has 0 radical (unpaired) electrons. The Labute approximate surface area is 151 Å². The van der Waals surface area contributed by atoms with Gasteiger partial charge in [0.05, 0.1) is 0 Å². The van der Waals surface area contributed by atoms with Crippen LogP contribution in [0.2, 0.25) is 0 Å². The largest absolute Gasteiger partial charge is 0.382 e. The predicted octanol–water partition coefficient (Wildman–Crippen LogP) is 4.66. The molecular formula is C20H31N5. The molecule has 2 aromatic rings. The van der Waals surface area contributed by atoms with Crippen LogP contribution in [0.25, 0.3) is 0 Å². The van der Waals surface area contributed by atoms with Crippen LogP contribution in [0.15, 0.2) is 12.1 Å². The maximum absolute atomic E-state index is 6.28. The molecule has 0 saturated heterocycles. The van der Waals surface area contributed by atoms with Crippen molar-refractivity contribution in [1.82, 2.24) is 9.97 Å². The van der Waals surface area contributed by atoms with E-state index >= 15 is 0 Å². The van der Waals surface area contributed by atoms with Gasteiger partial charge in [-0.25, -0.2) is 9.97 Å². The lowest BCUT2D eigenvalue weighted by Gasteiger charge is -2.26. The second kappa shape index (κ2) is 8.19. The summed E-state index contributed by atoms with van der Waals surface area (Å²) in [6, 6.07) is 4.35. The van der Waals surface area contributed by atoms with Crippen LogP contribution in [-0.2, 0) is 0 Å². The Bertz CT molecular complexity index is 716. The molecular weight excluding hydrogens is 310 g/mol. The molecule has 2 rings (SSSR count).